The van der Waals surface area contributed by atoms with Crippen molar-refractivity contribution in [2.45, 2.75) is 103 Å². The Bertz CT molecular complexity index is 1960. The topological polar surface area (TPSA) is 162 Å². The molecule has 2 atom stereocenters. The van der Waals surface area contributed by atoms with Gasteiger partial charge in [-0.25, -0.2) is 14.0 Å². The van der Waals surface area contributed by atoms with Crippen LogP contribution in [0.2, 0.25) is 0 Å². The van der Waals surface area contributed by atoms with Crippen LogP contribution in [-0.4, -0.2) is 60.5 Å². The minimum absolute atomic E-state index is 0.222. The number of nitrogens with one attached hydrogen (secondary N) is 2. The highest BCUT2D eigenvalue weighted by atomic mass is 32.2. The number of ether oxygens (including phenoxy) is 2. The van der Waals surface area contributed by atoms with Crippen LogP contribution in [0.15, 0.2) is 52.1 Å². The molecule has 2 aromatic carbocycles. The molecular formula is C37H50N8O6S2. The average molecular weight is 767 g/mol. The number of hydrogen-bond donors (Lipinski definition) is 2. The number of H-pyrrole nitrogens is 1. The summed E-state index contributed by atoms with van der Waals surface area (Å²) in [5.41, 5.74) is 3.34. The van der Waals surface area contributed by atoms with Gasteiger partial charge in [0.05, 0.1) is 6.61 Å². The van der Waals surface area contributed by atoms with Gasteiger partial charge >= 0.3 is 6.09 Å². The van der Waals surface area contributed by atoms with E-state index in [0.717, 1.165) is 42.4 Å². The molecule has 0 saturated heterocycles. The van der Waals surface area contributed by atoms with Crippen LogP contribution in [0.4, 0.5) is 10.6 Å². The van der Waals surface area contributed by atoms with Gasteiger partial charge in [-0.2, -0.15) is 4.21 Å². The lowest BCUT2D eigenvalue weighted by Gasteiger charge is -2.16. The summed E-state index contributed by atoms with van der Waals surface area (Å²) in [4.78, 5) is 14.5. The minimum Gasteiger partial charge on any atom is -0.490 e. The van der Waals surface area contributed by atoms with Gasteiger partial charge in [-0.1, -0.05) is 82.8 Å². The zero-order valence-corrected chi connectivity index (χ0v) is 33.0. The first-order valence-corrected chi connectivity index (χ1v) is 20.2. The summed E-state index contributed by atoms with van der Waals surface area (Å²) in [7, 11) is 1.61. The molecule has 0 aliphatic carbocycles. The standard InChI is InChI=1S/C37H50N8O6S2/c1-7-9-10-11-12-13-19-48-30-17-15-25(3)20-31(30)51-53(47)38-23-27(5)35-41-39-32-22-33(43-45(32)35)44(6)37(46)49-29-18-16-28(21-26(29)4)24-52-36-42-40-34(50-36)14-8-2/h15-18,20-22,27,38,43H,7-14,19,23-24H2,1-6H3. The second-order valence-electron chi connectivity index (χ2n) is 13.1. The summed E-state index contributed by atoms with van der Waals surface area (Å²) in [6.07, 6.45) is 8.14. The number of thioether (sulfide) groups is 1. The van der Waals surface area contributed by atoms with Crippen molar-refractivity contribution in [3.63, 3.8) is 0 Å². The Morgan fingerprint density at radius 2 is 1.77 bits per heavy atom. The lowest BCUT2D eigenvalue weighted by atomic mass is 10.1. The molecule has 16 heteroatoms. The van der Waals surface area contributed by atoms with Crippen LogP contribution >= 0.6 is 11.8 Å². The lowest BCUT2D eigenvalue weighted by molar-refractivity contribution is 0.208. The minimum atomic E-state index is -1.84. The van der Waals surface area contributed by atoms with Crippen molar-refractivity contribution in [1.82, 2.24) is 34.7 Å². The molecular weight excluding hydrogens is 717 g/mol. The van der Waals surface area contributed by atoms with Gasteiger partial charge in [-0.05, 0) is 61.6 Å². The number of hydrogen-bond acceptors (Lipinski definition) is 11. The Morgan fingerprint density at radius 1 is 0.981 bits per heavy atom. The van der Waals surface area contributed by atoms with E-state index in [2.05, 4.69) is 44.1 Å². The molecule has 0 spiro atoms. The summed E-state index contributed by atoms with van der Waals surface area (Å²) in [5.74, 6) is 3.56. The Hall–Kier alpha value is -4.41. The van der Waals surface area contributed by atoms with E-state index in [0.29, 0.717) is 58.0 Å². The van der Waals surface area contributed by atoms with Crippen LogP contribution in [0, 0.1) is 13.8 Å². The zero-order chi connectivity index (χ0) is 37.7. The number of carbonyl (C=O) groups excluding carboxylic acids is 1. The molecule has 1 amide bonds. The van der Waals surface area contributed by atoms with Gasteiger partial charge in [-0.3, -0.25) is 10.00 Å². The van der Waals surface area contributed by atoms with Crippen molar-refractivity contribution in [1.29, 1.82) is 0 Å². The average Bonchev–Trinajstić information content (AvgIpc) is 3.88. The van der Waals surface area contributed by atoms with E-state index >= 15 is 0 Å². The maximum atomic E-state index is 13.2. The highest BCUT2D eigenvalue weighted by Crippen LogP contribution is 2.30. The van der Waals surface area contributed by atoms with Crippen molar-refractivity contribution in [3.8, 4) is 17.2 Å². The third kappa shape index (κ3) is 11.3. The number of amides is 1. The van der Waals surface area contributed by atoms with Gasteiger partial charge < -0.3 is 18.1 Å². The quantitative estimate of drug-likeness (QED) is 0.0549. The predicted octanol–water partition coefficient (Wildman–Crippen LogP) is 8.03. The lowest BCUT2D eigenvalue weighted by Crippen LogP contribution is -2.30. The zero-order valence-electron chi connectivity index (χ0n) is 31.3. The van der Waals surface area contributed by atoms with Crippen molar-refractivity contribution in [2.75, 3.05) is 25.1 Å². The van der Waals surface area contributed by atoms with Crippen molar-refractivity contribution in [2.24, 2.45) is 0 Å². The molecule has 53 heavy (non-hydrogen) atoms. The van der Waals surface area contributed by atoms with E-state index in [1.807, 2.05) is 51.1 Å². The van der Waals surface area contributed by atoms with E-state index in [-0.39, 0.29) is 12.5 Å². The van der Waals surface area contributed by atoms with Crippen LogP contribution in [0.1, 0.15) is 100 Å². The fourth-order valence-corrected chi connectivity index (χ4v) is 6.93. The molecule has 3 heterocycles. The fourth-order valence-electron chi connectivity index (χ4n) is 5.47. The number of rotatable bonds is 21. The number of aromatic nitrogens is 6. The molecule has 0 fully saturated rings. The Morgan fingerprint density at radius 3 is 2.57 bits per heavy atom. The number of fused-ring (bicyclic) bond motifs is 1. The summed E-state index contributed by atoms with van der Waals surface area (Å²) in [6, 6.07) is 13.0. The van der Waals surface area contributed by atoms with Crippen molar-refractivity contribution < 1.29 is 27.1 Å². The molecule has 5 aromatic rings. The second-order valence-corrected chi connectivity index (χ2v) is 14.9. The van der Waals surface area contributed by atoms with Crippen LogP contribution in [0.5, 0.6) is 17.2 Å². The van der Waals surface area contributed by atoms with E-state index < -0.39 is 17.4 Å². The van der Waals surface area contributed by atoms with Gasteiger partial charge in [0, 0.05) is 37.8 Å². The smallest absolute Gasteiger partial charge is 0.420 e. The van der Waals surface area contributed by atoms with Crippen LogP contribution in [0.25, 0.3) is 5.65 Å². The Labute approximate surface area is 317 Å². The van der Waals surface area contributed by atoms with E-state index in [4.69, 9.17) is 18.1 Å². The fraction of sp³-hybridized carbons (Fsp3) is 0.486. The molecule has 2 N–H and O–H groups in total. The molecule has 3 aromatic heterocycles. The number of unbranched alkanes of at least 4 members (excludes halogenated alkanes) is 5. The SMILES string of the molecule is CCCCCCCCOc1ccc(C)cc1OS(=O)NCC(C)c1nnc2cc(N(C)C(=O)Oc3ccc(CSc4nnc(CCC)o4)cc3C)[nH]n12. The number of aryl methyl sites for hydroxylation is 3. The van der Waals surface area contributed by atoms with Gasteiger partial charge in [0.15, 0.2) is 23.0 Å². The largest absolute Gasteiger partial charge is 0.490 e. The molecule has 2 unspecified atom stereocenters. The molecule has 0 aliphatic rings. The second kappa shape index (κ2) is 19.6. The summed E-state index contributed by atoms with van der Waals surface area (Å²) >= 11 is -0.374. The third-order valence-electron chi connectivity index (χ3n) is 8.52. The number of benzene rings is 2. The Balaban J connectivity index is 1.12. The molecule has 0 bridgehead atoms. The molecule has 0 radical (unpaired) electrons. The number of nitrogens with zero attached hydrogens (tertiary/aromatic N) is 6. The number of carbonyl (C=O) groups is 1. The van der Waals surface area contributed by atoms with E-state index in [9.17, 15) is 9.00 Å². The monoisotopic (exact) mass is 766 g/mol. The molecule has 0 aliphatic heterocycles. The predicted molar refractivity (Wildman–Crippen MR) is 206 cm³/mol. The first-order valence-electron chi connectivity index (χ1n) is 18.2. The van der Waals surface area contributed by atoms with E-state index in [1.165, 1.54) is 42.3 Å². The van der Waals surface area contributed by atoms with Crippen LogP contribution < -0.4 is 23.3 Å². The van der Waals surface area contributed by atoms with Gasteiger partial charge in [0.25, 0.3) is 16.5 Å². The van der Waals surface area contributed by atoms with Crippen molar-refractivity contribution >= 4 is 40.6 Å². The summed E-state index contributed by atoms with van der Waals surface area (Å²) in [5, 5.41) is 20.4. The normalized spacial score (nSPS) is 12.6. The maximum absolute atomic E-state index is 13.2. The Kier molecular flexibility index (Phi) is 14.7. The van der Waals surface area contributed by atoms with Crippen molar-refractivity contribution in [3.05, 3.63) is 70.9 Å². The summed E-state index contributed by atoms with van der Waals surface area (Å²) < 4.78 is 40.8. The molecule has 286 valence electrons. The van der Waals surface area contributed by atoms with Crippen LogP contribution in [-0.2, 0) is 23.4 Å². The first-order chi connectivity index (χ1) is 25.6. The van der Waals surface area contributed by atoms with Crippen LogP contribution in [0.3, 0.4) is 0 Å². The number of anilines is 1. The molecule has 5 rings (SSSR count). The highest BCUT2D eigenvalue weighted by molar-refractivity contribution is 7.98. The third-order valence-corrected chi connectivity index (χ3v) is 10.1. The first kappa shape index (κ1) is 39.8. The van der Waals surface area contributed by atoms with E-state index in [1.54, 1.807) is 23.7 Å². The van der Waals surface area contributed by atoms with Gasteiger partial charge in [0.1, 0.15) is 11.6 Å². The molecule has 14 nitrogen and oxygen atoms in total. The highest BCUT2D eigenvalue weighted by Gasteiger charge is 2.22. The number of aromatic amines is 1. The van der Waals surface area contributed by atoms with Gasteiger partial charge in [0.2, 0.25) is 5.89 Å². The summed E-state index contributed by atoms with van der Waals surface area (Å²) in [6.45, 7) is 10.9. The van der Waals surface area contributed by atoms with Gasteiger partial charge in [-0.15, -0.1) is 20.4 Å². The maximum Gasteiger partial charge on any atom is 0.420 e. The molecule has 0 saturated carbocycles.